The van der Waals surface area contributed by atoms with Crippen molar-refractivity contribution in [2.24, 2.45) is 0 Å². The van der Waals surface area contributed by atoms with E-state index in [1.807, 2.05) is 0 Å². The van der Waals surface area contributed by atoms with Gasteiger partial charge in [0.25, 0.3) is 0 Å². The van der Waals surface area contributed by atoms with E-state index in [1.54, 1.807) is 0 Å². The normalized spacial score (nSPS) is 13.1. The van der Waals surface area contributed by atoms with Gasteiger partial charge in [0.05, 0.1) is 18.8 Å². The number of aliphatic carboxylic acids is 4. The van der Waals surface area contributed by atoms with Crippen LogP contribution in [0.1, 0.15) is 12.8 Å². The molecule has 2 unspecified atom stereocenters. The molecule has 2 atom stereocenters. The van der Waals surface area contributed by atoms with Crippen LogP contribution in [0, 0.1) is 0 Å². The number of hydrogen-bond donors (Lipinski definition) is 5. The van der Waals surface area contributed by atoms with E-state index in [2.05, 4.69) is 4.74 Å². The van der Waals surface area contributed by atoms with Gasteiger partial charge in [-0.3, -0.25) is 9.59 Å². The zero-order valence-electron chi connectivity index (χ0n) is 11.7. The summed E-state index contributed by atoms with van der Waals surface area (Å²) in [5.74, 6) is -10.2. The molecule has 0 fully saturated rings. The number of ether oxygens (including phenoxy) is 1. The van der Waals surface area contributed by atoms with E-state index in [-0.39, 0.29) is 51.4 Å². The molecule has 0 saturated heterocycles. The number of aliphatic hydroxyl groups excluding tert-OH is 2. The Balaban J connectivity index is 0. The predicted octanol–water partition coefficient (Wildman–Crippen LogP) is -7.22. The summed E-state index contributed by atoms with van der Waals surface area (Å²) < 4.78 is 4.15. The Labute approximate surface area is 170 Å². The van der Waals surface area contributed by atoms with Gasteiger partial charge in [0.15, 0.2) is 6.10 Å². The monoisotopic (exact) mass is 362 g/mol. The van der Waals surface area contributed by atoms with Crippen molar-refractivity contribution in [2.75, 3.05) is 0 Å². The summed E-state index contributed by atoms with van der Waals surface area (Å²) in [5, 5.41) is 54.4. The van der Waals surface area contributed by atoms with Gasteiger partial charge in [-0.1, -0.05) is 0 Å². The molecule has 23 heavy (non-hydrogen) atoms. The first-order chi connectivity index (χ1) is 9.92. The maximum atomic E-state index is 11.4. The van der Waals surface area contributed by atoms with Crippen molar-refractivity contribution < 1.29 is 111 Å². The summed E-state index contributed by atoms with van der Waals surface area (Å²) in [6, 6.07) is 0. The van der Waals surface area contributed by atoms with Crippen molar-refractivity contribution in [1.29, 1.82) is 0 Å². The van der Waals surface area contributed by atoms with E-state index in [9.17, 15) is 29.1 Å². The van der Waals surface area contributed by atoms with E-state index in [4.69, 9.17) is 25.5 Å². The van der Waals surface area contributed by atoms with E-state index < -0.39 is 60.5 Å². The van der Waals surface area contributed by atoms with Gasteiger partial charge in [-0.25, -0.2) is 9.59 Å². The third-order valence-corrected chi connectivity index (χ3v) is 2.34. The van der Waals surface area contributed by atoms with Crippen molar-refractivity contribution >= 4 is 29.8 Å². The summed E-state index contributed by atoms with van der Waals surface area (Å²) in [6.45, 7) is 0. The summed E-state index contributed by atoms with van der Waals surface area (Å²) in [5.41, 5.74) is -3.10. The SMILES string of the molecule is O=C(O)CC(CC(=O)O)(OC(=O)C(O)C(O)C(=O)[O-])C(=O)O.[K+]. The molecule has 0 aromatic rings. The molecule has 0 rings (SSSR count). The first-order valence-corrected chi connectivity index (χ1v) is 5.40. The molecule has 0 aliphatic rings. The smallest absolute Gasteiger partial charge is 0.547 e. The zero-order chi connectivity index (χ0) is 17.7. The van der Waals surface area contributed by atoms with Crippen LogP contribution in [0.25, 0.3) is 0 Å². The number of esters is 1. The Morgan fingerprint density at radius 1 is 0.913 bits per heavy atom. The maximum absolute atomic E-state index is 11.4. The van der Waals surface area contributed by atoms with E-state index in [0.717, 1.165) is 0 Å². The number of aliphatic hydroxyl groups is 2. The van der Waals surface area contributed by atoms with Crippen molar-refractivity contribution in [3.63, 3.8) is 0 Å². The summed E-state index contributed by atoms with van der Waals surface area (Å²) in [4.78, 5) is 54.0. The van der Waals surface area contributed by atoms with Gasteiger partial charge >= 0.3 is 75.3 Å². The molecule has 5 N–H and O–H groups in total. The molecule has 0 bridgehead atoms. The van der Waals surface area contributed by atoms with E-state index in [1.165, 1.54) is 0 Å². The first-order valence-electron chi connectivity index (χ1n) is 5.40. The predicted molar refractivity (Wildman–Crippen MR) is 58.0 cm³/mol. The van der Waals surface area contributed by atoms with Gasteiger partial charge in [0.2, 0.25) is 5.60 Å². The third kappa shape index (κ3) is 7.34. The molecule has 0 amide bonds. The number of carboxylic acids is 4. The van der Waals surface area contributed by atoms with Crippen LogP contribution < -0.4 is 56.5 Å². The van der Waals surface area contributed by atoms with Crippen LogP contribution in [0.5, 0.6) is 0 Å². The molecule has 0 aromatic carbocycles. The van der Waals surface area contributed by atoms with Gasteiger partial charge in [-0.15, -0.1) is 0 Å². The average Bonchev–Trinajstić information content (AvgIpc) is 2.34. The number of carbonyl (C=O) groups is 5. The molecule has 12 nitrogen and oxygen atoms in total. The molecule has 0 aliphatic carbocycles. The fourth-order valence-electron chi connectivity index (χ4n) is 1.33. The minimum Gasteiger partial charge on any atom is -0.547 e. The van der Waals surface area contributed by atoms with E-state index in [0.29, 0.717) is 0 Å². The quantitative estimate of drug-likeness (QED) is 0.191. The number of hydrogen-bond acceptors (Lipinski definition) is 9. The Morgan fingerprint density at radius 2 is 1.30 bits per heavy atom. The van der Waals surface area contributed by atoms with Crippen LogP contribution in [-0.4, -0.2) is 73.2 Å². The second kappa shape index (κ2) is 9.91. The zero-order valence-corrected chi connectivity index (χ0v) is 14.8. The molecular formula is C10H11KO12. The minimum absolute atomic E-state index is 0. The molecular weight excluding hydrogens is 351 g/mol. The number of carboxylic acid groups (broad SMARTS) is 4. The number of carbonyl (C=O) groups excluding carboxylic acids is 2. The molecule has 124 valence electrons. The maximum Gasteiger partial charge on any atom is 1.00 e. The molecule has 0 aliphatic heterocycles. The fraction of sp³-hybridized carbons (Fsp3) is 0.500. The van der Waals surface area contributed by atoms with Crippen molar-refractivity contribution in [3.8, 4) is 0 Å². The minimum atomic E-state index is -3.10. The van der Waals surface area contributed by atoms with Gasteiger partial charge in [-0.2, -0.15) is 0 Å². The molecule has 13 heteroatoms. The van der Waals surface area contributed by atoms with Crippen LogP contribution in [-0.2, 0) is 28.7 Å². The van der Waals surface area contributed by atoms with Crippen LogP contribution in [0.3, 0.4) is 0 Å². The first kappa shape index (κ1) is 24.2. The van der Waals surface area contributed by atoms with Crippen LogP contribution in [0.15, 0.2) is 0 Å². The largest absolute Gasteiger partial charge is 1.00 e. The summed E-state index contributed by atoms with van der Waals surface area (Å²) in [7, 11) is 0. The Kier molecular flexibility index (Phi) is 10.4. The second-order valence-electron chi connectivity index (χ2n) is 4.07. The Morgan fingerprint density at radius 3 is 1.57 bits per heavy atom. The molecule has 0 radical (unpaired) electrons. The van der Waals surface area contributed by atoms with Gasteiger partial charge in [0, 0.05) is 0 Å². The second-order valence-corrected chi connectivity index (χ2v) is 4.07. The van der Waals surface area contributed by atoms with Crippen molar-refractivity contribution in [3.05, 3.63) is 0 Å². The Bertz CT molecular complexity index is 484. The topological polar surface area (TPSA) is 219 Å². The Hall–Kier alpha value is -1.09. The van der Waals surface area contributed by atoms with Crippen LogP contribution >= 0.6 is 0 Å². The van der Waals surface area contributed by atoms with Crippen molar-refractivity contribution in [2.45, 2.75) is 30.7 Å². The average molecular weight is 362 g/mol. The summed E-state index contributed by atoms with van der Waals surface area (Å²) in [6.07, 6.45) is -8.54. The van der Waals surface area contributed by atoms with Crippen LogP contribution in [0.2, 0.25) is 0 Å². The molecule has 0 saturated carbocycles. The van der Waals surface area contributed by atoms with E-state index >= 15 is 0 Å². The van der Waals surface area contributed by atoms with Crippen molar-refractivity contribution in [1.82, 2.24) is 0 Å². The standard InChI is InChI=1S/C10H12O12.K/c11-3(12)1-10(9(20)21,2-4(13)14)22-8(19)6(16)5(15)7(17)18;/h5-6,15-16H,1-2H2,(H,11,12)(H,13,14)(H,17,18)(H,20,21);/q;+1/p-1. The van der Waals surface area contributed by atoms with Gasteiger partial charge in [0.1, 0.15) is 6.10 Å². The van der Waals surface area contributed by atoms with Gasteiger partial charge in [-0.05, 0) is 0 Å². The van der Waals surface area contributed by atoms with Crippen LogP contribution in [0.4, 0.5) is 0 Å². The summed E-state index contributed by atoms with van der Waals surface area (Å²) >= 11 is 0. The molecule has 0 heterocycles. The molecule has 0 spiro atoms. The molecule has 0 aromatic heterocycles. The third-order valence-electron chi connectivity index (χ3n) is 2.34. The fourth-order valence-corrected chi connectivity index (χ4v) is 1.33. The number of rotatable bonds is 9. The van der Waals surface area contributed by atoms with Gasteiger partial charge < -0.3 is 40.2 Å².